The third-order valence-electron chi connectivity index (χ3n) is 2.69. The molecule has 6 nitrogen and oxygen atoms in total. The van der Waals surface area contributed by atoms with Crippen LogP contribution in [0.5, 0.6) is 0 Å². The number of benzene rings is 1. The van der Waals surface area contributed by atoms with E-state index in [1.807, 2.05) is 0 Å². The molecule has 0 spiro atoms. The first-order chi connectivity index (χ1) is 9.36. The first kappa shape index (κ1) is 16.0. The molecule has 0 saturated heterocycles. The maximum Gasteiger partial charge on any atom is 0.339 e. The van der Waals surface area contributed by atoms with E-state index >= 15 is 0 Å². The molecule has 0 aliphatic rings. The standard InChI is InChI=1S/C13H15ClN2O4/c1-16(12(18)6-5-11(15)17)10-7-8(14)3-4-9(10)13(19)20-2/h3-4,7H,5-6H2,1-2H3,(H2,15,17). The number of rotatable bonds is 5. The molecule has 0 atom stereocenters. The Morgan fingerprint density at radius 1 is 1.30 bits per heavy atom. The summed E-state index contributed by atoms with van der Waals surface area (Å²) >= 11 is 5.88. The average Bonchev–Trinajstić information content (AvgIpc) is 2.42. The van der Waals surface area contributed by atoms with Crippen LogP contribution < -0.4 is 10.6 Å². The number of carbonyl (C=O) groups is 3. The maximum absolute atomic E-state index is 11.9. The van der Waals surface area contributed by atoms with Crippen molar-refractivity contribution in [2.24, 2.45) is 5.73 Å². The highest BCUT2D eigenvalue weighted by atomic mass is 35.5. The summed E-state index contributed by atoms with van der Waals surface area (Å²) in [5.74, 6) is -1.49. The van der Waals surface area contributed by atoms with Crippen LogP contribution in [0.4, 0.5) is 5.69 Å². The minimum absolute atomic E-state index is 0.0427. The second-order valence-electron chi connectivity index (χ2n) is 4.07. The van der Waals surface area contributed by atoms with Crippen LogP contribution in [0.1, 0.15) is 23.2 Å². The van der Waals surface area contributed by atoms with Gasteiger partial charge in [0.05, 0.1) is 18.4 Å². The van der Waals surface area contributed by atoms with E-state index in [1.165, 1.54) is 37.3 Å². The first-order valence-electron chi connectivity index (χ1n) is 5.79. The van der Waals surface area contributed by atoms with Crippen molar-refractivity contribution in [2.45, 2.75) is 12.8 Å². The highest BCUT2D eigenvalue weighted by molar-refractivity contribution is 6.31. The molecule has 0 radical (unpaired) electrons. The summed E-state index contributed by atoms with van der Waals surface area (Å²) < 4.78 is 4.65. The van der Waals surface area contributed by atoms with Crippen LogP contribution in [0.25, 0.3) is 0 Å². The molecule has 0 fully saturated rings. The number of carbonyl (C=O) groups excluding carboxylic acids is 3. The monoisotopic (exact) mass is 298 g/mol. The zero-order valence-corrected chi connectivity index (χ0v) is 11.9. The van der Waals surface area contributed by atoms with Gasteiger partial charge in [-0.15, -0.1) is 0 Å². The van der Waals surface area contributed by atoms with Crippen molar-refractivity contribution in [1.29, 1.82) is 0 Å². The number of nitrogens with zero attached hydrogens (tertiary/aromatic N) is 1. The molecule has 1 aromatic carbocycles. The smallest absolute Gasteiger partial charge is 0.339 e. The zero-order chi connectivity index (χ0) is 15.3. The Balaban J connectivity index is 3.04. The number of halogens is 1. The van der Waals surface area contributed by atoms with Crippen LogP contribution in [0.3, 0.4) is 0 Å². The molecule has 0 aliphatic heterocycles. The fourth-order valence-electron chi connectivity index (χ4n) is 1.60. The van der Waals surface area contributed by atoms with Gasteiger partial charge >= 0.3 is 5.97 Å². The fraction of sp³-hybridized carbons (Fsp3) is 0.308. The molecule has 0 heterocycles. The van der Waals surface area contributed by atoms with Gasteiger partial charge in [-0.1, -0.05) is 11.6 Å². The molecule has 2 N–H and O–H groups in total. The van der Waals surface area contributed by atoms with Crippen LogP contribution >= 0.6 is 11.6 Å². The number of hydrogen-bond donors (Lipinski definition) is 1. The molecule has 0 aromatic heterocycles. The quantitative estimate of drug-likeness (QED) is 0.831. The summed E-state index contributed by atoms with van der Waals surface area (Å²) in [6.45, 7) is 0. The molecule has 0 saturated carbocycles. The highest BCUT2D eigenvalue weighted by Gasteiger charge is 2.19. The topological polar surface area (TPSA) is 89.7 Å². The number of anilines is 1. The molecule has 1 aromatic rings. The SMILES string of the molecule is COC(=O)c1ccc(Cl)cc1N(C)C(=O)CCC(N)=O. The normalized spacial score (nSPS) is 9.95. The van der Waals surface area contributed by atoms with Gasteiger partial charge in [0.25, 0.3) is 0 Å². The summed E-state index contributed by atoms with van der Waals surface area (Å²) in [4.78, 5) is 35.6. The Morgan fingerprint density at radius 2 is 1.95 bits per heavy atom. The van der Waals surface area contributed by atoms with E-state index in [-0.39, 0.29) is 24.3 Å². The van der Waals surface area contributed by atoms with Crippen molar-refractivity contribution in [3.8, 4) is 0 Å². The van der Waals surface area contributed by atoms with Crippen molar-refractivity contribution in [1.82, 2.24) is 0 Å². The van der Waals surface area contributed by atoms with Gasteiger partial charge in [0.2, 0.25) is 11.8 Å². The Bertz CT molecular complexity index is 545. The molecule has 0 aliphatic carbocycles. The van der Waals surface area contributed by atoms with Gasteiger partial charge in [-0.05, 0) is 18.2 Å². The Hall–Kier alpha value is -2.08. The number of methoxy groups -OCH3 is 1. The third-order valence-corrected chi connectivity index (χ3v) is 2.92. The fourth-order valence-corrected chi connectivity index (χ4v) is 1.76. The molecule has 0 bridgehead atoms. The number of primary amides is 1. The number of nitrogens with two attached hydrogens (primary N) is 1. The van der Waals surface area contributed by atoms with E-state index < -0.39 is 11.9 Å². The maximum atomic E-state index is 11.9. The van der Waals surface area contributed by atoms with E-state index in [4.69, 9.17) is 17.3 Å². The van der Waals surface area contributed by atoms with Crippen LogP contribution in [-0.2, 0) is 14.3 Å². The van der Waals surface area contributed by atoms with E-state index in [9.17, 15) is 14.4 Å². The predicted molar refractivity (Wildman–Crippen MR) is 74.6 cm³/mol. The Kier molecular flexibility index (Phi) is 5.52. The molecule has 108 valence electrons. The lowest BCUT2D eigenvalue weighted by molar-refractivity contribution is -0.123. The summed E-state index contributed by atoms with van der Waals surface area (Å²) in [5, 5.41) is 0.377. The van der Waals surface area contributed by atoms with Gasteiger partial charge in [0, 0.05) is 24.9 Å². The van der Waals surface area contributed by atoms with Gasteiger partial charge in [-0.25, -0.2) is 4.79 Å². The van der Waals surface area contributed by atoms with Gasteiger partial charge < -0.3 is 15.4 Å². The minimum atomic E-state index is -0.578. The van der Waals surface area contributed by atoms with Crippen LogP contribution in [-0.4, -0.2) is 31.9 Å². The molecule has 1 rings (SSSR count). The number of amides is 2. The summed E-state index contributed by atoms with van der Waals surface area (Å²) in [5.41, 5.74) is 5.53. The molecular weight excluding hydrogens is 284 g/mol. The van der Waals surface area contributed by atoms with Crippen molar-refractivity contribution in [2.75, 3.05) is 19.1 Å². The Morgan fingerprint density at radius 3 is 2.50 bits per heavy atom. The van der Waals surface area contributed by atoms with Gasteiger partial charge in [-0.2, -0.15) is 0 Å². The number of esters is 1. The lowest BCUT2D eigenvalue weighted by atomic mass is 10.1. The van der Waals surface area contributed by atoms with Crippen LogP contribution in [0.2, 0.25) is 5.02 Å². The minimum Gasteiger partial charge on any atom is -0.465 e. The van der Waals surface area contributed by atoms with Crippen LogP contribution in [0, 0.1) is 0 Å². The summed E-state index contributed by atoms with van der Waals surface area (Å²) in [7, 11) is 2.73. The van der Waals surface area contributed by atoms with Gasteiger partial charge in [0.15, 0.2) is 0 Å². The third kappa shape index (κ3) is 3.96. The Labute approximate surface area is 121 Å². The van der Waals surface area contributed by atoms with Crippen molar-refractivity contribution >= 4 is 35.1 Å². The lowest BCUT2D eigenvalue weighted by Gasteiger charge is -2.20. The van der Waals surface area contributed by atoms with Crippen molar-refractivity contribution < 1.29 is 19.1 Å². The van der Waals surface area contributed by atoms with Crippen LogP contribution in [0.15, 0.2) is 18.2 Å². The van der Waals surface area contributed by atoms with E-state index in [2.05, 4.69) is 4.74 Å². The van der Waals surface area contributed by atoms with Crippen molar-refractivity contribution in [3.05, 3.63) is 28.8 Å². The lowest BCUT2D eigenvalue weighted by Crippen LogP contribution is -2.29. The number of ether oxygens (including phenoxy) is 1. The van der Waals surface area contributed by atoms with Gasteiger partial charge in [-0.3, -0.25) is 9.59 Å². The predicted octanol–water partition coefficient (Wildman–Crippen LogP) is 1.35. The highest BCUT2D eigenvalue weighted by Crippen LogP contribution is 2.25. The second-order valence-corrected chi connectivity index (χ2v) is 4.51. The first-order valence-corrected chi connectivity index (χ1v) is 6.17. The summed E-state index contributed by atoms with van der Waals surface area (Å²) in [6.07, 6.45) is -0.101. The molecule has 20 heavy (non-hydrogen) atoms. The van der Waals surface area contributed by atoms with Crippen molar-refractivity contribution in [3.63, 3.8) is 0 Å². The molecular formula is C13H15ClN2O4. The molecule has 0 unspecified atom stereocenters. The average molecular weight is 299 g/mol. The molecule has 7 heteroatoms. The van der Waals surface area contributed by atoms with E-state index in [1.54, 1.807) is 0 Å². The molecule has 2 amide bonds. The summed E-state index contributed by atoms with van der Waals surface area (Å²) in [6, 6.07) is 4.48. The number of hydrogen-bond acceptors (Lipinski definition) is 4. The largest absolute Gasteiger partial charge is 0.465 e. The second kappa shape index (κ2) is 6.91. The van der Waals surface area contributed by atoms with E-state index in [0.29, 0.717) is 10.7 Å². The zero-order valence-electron chi connectivity index (χ0n) is 11.2. The van der Waals surface area contributed by atoms with E-state index in [0.717, 1.165) is 0 Å². The van der Waals surface area contributed by atoms with Gasteiger partial charge in [0.1, 0.15) is 0 Å².